The van der Waals surface area contributed by atoms with Crippen LogP contribution < -0.4 is 5.32 Å². The van der Waals surface area contributed by atoms with E-state index in [2.05, 4.69) is 73.5 Å². The van der Waals surface area contributed by atoms with E-state index in [1.165, 1.54) is 46.1 Å². The second-order valence-electron chi connectivity index (χ2n) is 7.37. The second-order valence-corrected chi connectivity index (χ2v) is 8.49. The minimum Gasteiger partial charge on any atom is -0.380 e. The molecule has 2 unspecified atom stereocenters. The molecule has 0 spiro atoms. The number of hydrogen-bond donors (Lipinski definition) is 1. The van der Waals surface area contributed by atoms with Crippen LogP contribution in [-0.4, -0.2) is 30.1 Å². The molecule has 2 aliphatic rings. The predicted octanol–water partition coefficient (Wildman–Crippen LogP) is 5.14. The summed E-state index contributed by atoms with van der Waals surface area (Å²) in [6.45, 7) is 9.16. The lowest BCUT2D eigenvalue weighted by Gasteiger charge is -2.37. The summed E-state index contributed by atoms with van der Waals surface area (Å²) in [6.07, 6.45) is 1.24. The summed E-state index contributed by atoms with van der Waals surface area (Å²) < 4.78 is 0. The summed E-state index contributed by atoms with van der Waals surface area (Å²) in [5.74, 6) is 0.634. The van der Waals surface area contributed by atoms with Crippen LogP contribution in [0.3, 0.4) is 0 Å². The Morgan fingerprint density at radius 1 is 1.12 bits per heavy atom. The fraction of sp³-hybridized carbons (Fsp3) is 0.429. The maximum absolute atomic E-state index is 3.85. The van der Waals surface area contributed by atoms with Crippen molar-refractivity contribution in [3.05, 3.63) is 53.6 Å². The SMILES string of the molecule is Cc1ccc(Sc2cccc3c2NC2CCN(C(C)C)CC32)cc1. The normalized spacial score (nSPS) is 23.0. The first-order valence-corrected chi connectivity index (χ1v) is 9.81. The zero-order chi connectivity index (χ0) is 16.7. The number of aryl methyl sites for hydroxylation is 1. The molecule has 4 rings (SSSR count). The molecule has 0 aliphatic carbocycles. The molecular weight excluding hydrogens is 312 g/mol. The van der Waals surface area contributed by atoms with Gasteiger partial charge in [0.1, 0.15) is 0 Å². The molecule has 1 fully saturated rings. The van der Waals surface area contributed by atoms with Gasteiger partial charge in [0.25, 0.3) is 0 Å². The highest BCUT2D eigenvalue weighted by atomic mass is 32.2. The molecule has 1 N–H and O–H groups in total. The van der Waals surface area contributed by atoms with E-state index in [9.17, 15) is 0 Å². The van der Waals surface area contributed by atoms with Gasteiger partial charge >= 0.3 is 0 Å². The fourth-order valence-electron chi connectivity index (χ4n) is 3.95. The summed E-state index contributed by atoms with van der Waals surface area (Å²) in [5.41, 5.74) is 4.21. The van der Waals surface area contributed by atoms with Crippen molar-refractivity contribution in [3.63, 3.8) is 0 Å². The Balaban J connectivity index is 1.61. The first kappa shape index (κ1) is 16.0. The van der Waals surface area contributed by atoms with Crippen LogP contribution in [0.5, 0.6) is 0 Å². The number of likely N-dealkylation sites (tertiary alicyclic amines) is 1. The minimum atomic E-state index is 0.606. The van der Waals surface area contributed by atoms with E-state index in [0.717, 1.165) is 0 Å². The molecule has 24 heavy (non-hydrogen) atoms. The molecule has 0 saturated carbocycles. The highest BCUT2D eigenvalue weighted by molar-refractivity contribution is 7.99. The van der Waals surface area contributed by atoms with Crippen molar-refractivity contribution in [3.8, 4) is 0 Å². The molecule has 0 amide bonds. The minimum absolute atomic E-state index is 0.606. The van der Waals surface area contributed by atoms with Crippen LogP contribution in [0.1, 0.15) is 37.3 Å². The van der Waals surface area contributed by atoms with Crippen molar-refractivity contribution < 1.29 is 0 Å². The van der Waals surface area contributed by atoms with Gasteiger partial charge in [-0.3, -0.25) is 0 Å². The van der Waals surface area contributed by atoms with Crippen molar-refractivity contribution >= 4 is 17.4 Å². The monoisotopic (exact) mass is 338 g/mol. The van der Waals surface area contributed by atoms with E-state index >= 15 is 0 Å². The quantitative estimate of drug-likeness (QED) is 0.834. The van der Waals surface area contributed by atoms with E-state index in [1.807, 2.05) is 11.8 Å². The second kappa shape index (κ2) is 6.45. The molecular formula is C21H26N2S. The van der Waals surface area contributed by atoms with E-state index < -0.39 is 0 Å². The van der Waals surface area contributed by atoms with Crippen molar-refractivity contribution in [1.82, 2.24) is 4.90 Å². The highest BCUT2D eigenvalue weighted by Crippen LogP contribution is 2.46. The summed E-state index contributed by atoms with van der Waals surface area (Å²) in [7, 11) is 0. The van der Waals surface area contributed by atoms with E-state index in [0.29, 0.717) is 18.0 Å². The van der Waals surface area contributed by atoms with Crippen molar-refractivity contribution in [2.45, 2.75) is 55.0 Å². The molecule has 1 saturated heterocycles. The van der Waals surface area contributed by atoms with Gasteiger partial charge in [-0.1, -0.05) is 41.6 Å². The number of anilines is 1. The lowest BCUT2D eigenvalue weighted by atomic mass is 9.89. The maximum atomic E-state index is 3.85. The molecule has 0 aromatic heterocycles. The van der Waals surface area contributed by atoms with Crippen LogP contribution in [0.2, 0.25) is 0 Å². The molecule has 2 aromatic carbocycles. The average Bonchev–Trinajstić information content (AvgIpc) is 2.96. The van der Waals surface area contributed by atoms with Gasteiger partial charge < -0.3 is 10.2 Å². The van der Waals surface area contributed by atoms with Gasteiger partial charge in [-0.15, -0.1) is 0 Å². The van der Waals surface area contributed by atoms with E-state index in [1.54, 1.807) is 0 Å². The molecule has 0 radical (unpaired) electrons. The zero-order valence-electron chi connectivity index (χ0n) is 14.8. The Morgan fingerprint density at radius 3 is 2.67 bits per heavy atom. The number of piperidine rings is 1. The van der Waals surface area contributed by atoms with E-state index in [-0.39, 0.29) is 0 Å². The van der Waals surface area contributed by atoms with Crippen molar-refractivity contribution in [2.24, 2.45) is 0 Å². The molecule has 2 aromatic rings. The molecule has 126 valence electrons. The largest absolute Gasteiger partial charge is 0.380 e. The molecule has 3 heteroatoms. The lowest BCUT2D eigenvalue weighted by molar-refractivity contribution is 0.163. The Bertz CT molecular complexity index is 723. The fourth-order valence-corrected chi connectivity index (χ4v) is 4.90. The Morgan fingerprint density at radius 2 is 1.92 bits per heavy atom. The van der Waals surface area contributed by atoms with Crippen LogP contribution in [0.25, 0.3) is 0 Å². The molecule has 2 heterocycles. The first-order valence-electron chi connectivity index (χ1n) is 9.00. The van der Waals surface area contributed by atoms with Crippen molar-refractivity contribution in [1.29, 1.82) is 0 Å². The summed E-state index contributed by atoms with van der Waals surface area (Å²) in [6, 6.07) is 16.9. The smallest absolute Gasteiger partial charge is 0.0521 e. The number of nitrogens with zero attached hydrogens (tertiary/aromatic N) is 1. The molecule has 2 atom stereocenters. The highest BCUT2D eigenvalue weighted by Gasteiger charge is 2.38. The van der Waals surface area contributed by atoms with Crippen LogP contribution in [-0.2, 0) is 0 Å². The molecule has 2 nitrogen and oxygen atoms in total. The van der Waals surface area contributed by atoms with Crippen LogP contribution in [0.15, 0.2) is 52.3 Å². The summed E-state index contributed by atoms with van der Waals surface area (Å²) in [5, 5.41) is 3.85. The standard InChI is InChI=1S/C21H26N2S/c1-14(2)23-12-11-19-18(13-23)17-5-4-6-20(21(17)22-19)24-16-9-7-15(3)8-10-16/h4-10,14,18-19,22H,11-13H2,1-3H3. The van der Waals surface area contributed by atoms with Gasteiger partial charge in [0.2, 0.25) is 0 Å². The maximum Gasteiger partial charge on any atom is 0.0521 e. The summed E-state index contributed by atoms with van der Waals surface area (Å²) >= 11 is 1.88. The van der Waals surface area contributed by atoms with Crippen LogP contribution in [0.4, 0.5) is 5.69 Å². The van der Waals surface area contributed by atoms with Crippen LogP contribution >= 0.6 is 11.8 Å². The number of rotatable bonds is 3. The topological polar surface area (TPSA) is 15.3 Å². The van der Waals surface area contributed by atoms with Crippen LogP contribution in [0, 0.1) is 6.92 Å². The Labute approximate surface area is 149 Å². The van der Waals surface area contributed by atoms with E-state index in [4.69, 9.17) is 0 Å². The van der Waals surface area contributed by atoms with Crippen molar-refractivity contribution in [2.75, 3.05) is 18.4 Å². The average molecular weight is 339 g/mol. The first-order chi connectivity index (χ1) is 11.6. The van der Waals surface area contributed by atoms with Gasteiger partial charge in [-0.2, -0.15) is 0 Å². The number of nitrogens with one attached hydrogen (secondary N) is 1. The third-order valence-electron chi connectivity index (χ3n) is 5.41. The lowest BCUT2D eigenvalue weighted by Crippen LogP contribution is -2.45. The third-order valence-corrected chi connectivity index (χ3v) is 6.48. The number of hydrogen-bond acceptors (Lipinski definition) is 3. The van der Waals surface area contributed by atoms with Gasteiger partial charge in [0.15, 0.2) is 0 Å². The number of para-hydroxylation sites is 1. The zero-order valence-corrected chi connectivity index (χ0v) is 15.6. The third kappa shape index (κ3) is 2.96. The number of fused-ring (bicyclic) bond motifs is 3. The molecule has 0 bridgehead atoms. The van der Waals surface area contributed by atoms with Gasteiger partial charge in [-0.05, 0) is 51.0 Å². The van der Waals surface area contributed by atoms with Gasteiger partial charge in [0.05, 0.1) is 5.69 Å². The van der Waals surface area contributed by atoms with Gasteiger partial charge in [-0.25, -0.2) is 0 Å². The van der Waals surface area contributed by atoms with Gasteiger partial charge in [0, 0.05) is 40.9 Å². The summed E-state index contributed by atoms with van der Waals surface area (Å²) in [4.78, 5) is 5.30. The number of benzene rings is 2. The Hall–Kier alpha value is -1.45. The predicted molar refractivity (Wildman–Crippen MR) is 103 cm³/mol. The Kier molecular flexibility index (Phi) is 4.31. The molecule has 2 aliphatic heterocycles.